The molecule has 0 fully saturated rings. The largest absolute Gasteiger partial charge is 0.0625 e. The normalized spacial score (nSPS) is 15.2. The Kier molecular flexibility index (Phi) is 31.7. The molecule has 0 amide bonds. The highest BCUT2D eigenvalue weighted by atomic mass is 14.4. The fourth-order valence-electron chi connectivity index (χ4n) is 15.7. The van der Waals surface area contributed by atoms with Gasteiger partial charge in [0.05, 0.1) is 0 Å². The molecule has 0 atom stereocenters. The predicted octanol–water partition coefficient (Wildman–Crippen LogP) is 36.7. The highest BCUT2D eigenvalue weighted by Crippen LogP contribution is 2.42. The molecule has 121 heavy (non-hydrogen) atoms. The van der Waals surface area contributed by atoms with Crippen molar-refractivity contribution in [2.24, 2.45) is 11.8 Å². The summed E-state index contributed by atoms with van der Waals surface area (Å²) in [6, 6.07) is 60.8. The van der Waals surface area contributed by atoms with Crippen molar-refractivity contribution in [2.75, 3.05) is 0 Å². The van der Waals surface area contributed by atoms with Crippen LogP contribution in [0.15, 0.2) is 182 Å². The van der Waals surface area contributed by atoms with Gasteiger partial charge in [-0.05, 0) is 271 Å². The number of rotatable bonds is 9. The standard InChI is InChI=1S/2C18H30.C17H28.C16H18.C14H22.2C13H20.C12H18/c1-16(2,3)13-10-14(17(4,5)6)12-15(11-13)18(7,8)9;1-13(2)11-15-9-8-10-16(12-14(3)4)17(15)18(5,6)7;1-12(2)13-10-9-11-14(16(3,4)5)15(13)17(6,7)8;1-16(2,3)15-12-8-7-11-14(15)13-9-5-4-6-10-13;1-6-11-9-8-10-12(7-2)13(11)14(3,4)5;1-9-7-10(2)12(11(3)8-9)13(4,5)6;1-10(2)11-8-6-7-9-12(11)13(3,4)5;1-9-7-6-8-10(2)11(9)12(3,4)5/h10-12H,1-9H3;8-10,13-14H,11-12H2,1-7H3;9-12H,1-8H3;4-12H,1-3H3;8-10H,6-7H2,1-5H3;7-8H,1-6H3;6-10H,1-5H3;6-8H,1-5H3/i;11D2,12D2;12D;;6D2,7D2;1D3;10D;1D3. The minimum absolute atomic E-state index is 0.0570. The molecule has 0 aromatic heterocycles. The van der Waals surface area contributed by atoms with Crippen LogP contribution in [0.2, 0.25) is 0 Å². The molecule has 670 valence electrons. The Balaban J connectivity index is 0.000000531. The summed E-state index contributed by atoms with van der Waals surface area (Å²) in [6.45, 7) is 92.4. The highest BCUT2D eigenvalue weighted by molar-refractivity contribution is 5.68. The highest BCUT2D eigenvalue weighted by Gasteiger charge is 2.31. The molecule has 0 unspecified atom stereocenters. The third kappa shape index (κ3) is 35.9. The van der Waals surface area contributed by atoms with Crippen molar-refractivity contribution in [1.29, 1.82) is 0 Å². The maximum absolute atomic E-state index is 8.50. The van der Waals surface area contributed by atoms with Gasteiger partial charge in [-0.2, -0.15) is 0 Å². The molecule has 9 aromatic carbocycles. The van der Waals surface area contributed by atoms with Crippen molar-refractivity contribution in [3.8, 4) is 11.1 Å². The average molecular weight is 1660 g/mol. The van der Waals surface area contributed by atoms with Gasteiger partial charge in [0.1, 0.15) is 0 Å². The Bertz CT molecular complexity index is 5000. The first-order valence-corrected chi connectivity index (χ1v) is 44.8. The summed E-state index contributed by atoms with van der Waals surface area (Å²) in [5.41, 5.74) is 25.4. The van der Waals surface area contributed by atoms with Crippen LogP contribution in [0, 0.1) is 46.3 Å². The van der Waals surface area contributed by atoms with Gasteiger partial charge in [0.15, 0.2) is 0 Å². The van der Waals surface area contributed by atoms with Crippen LogP contribution >= 0.6 is 0 Å². The monoisotopic (exact) mass is 1660 g/mol. The van der Waals surface area contributed by atoms with Gasteiger partial charge in [-0.1, -0.05) is 485 Å². The molecule has 0 heteroatoms. The van der Waals surface area contributed by atoms with E-state index in [1.807, 2.05) is 169 Å². The van der Waals surface area contributed by atoms with Crippen molar-refractivity contribution < 1.29 is 21.9 Å². The minimum Gasteiger partial charge on any atom is -0.0625 e. The van der Waals surface area contributed by atoms with Crippen LogP contribution < -0.4 is 0 Å². The molecule has 0 saturated heterocycles. The van der Waals surface area contributed by atoms with Crippen LogP contribution in [-0.4, -0.2) is 0 Å². The van der Waals surface area contributed by atoms with Gasteiger partial charge in [0, 0.05) is 21.9 Å². The van der Waals surface area contributed by atoms with Gasteiger partial charge in [0.2, 0.25) is 0 Å². The fourth-order valence-corrected chi connectivity index (χ4v) is 15.7. The third-order valence-corrected chi connectivity index (χ3v) is 21.1. The average Bonchev–Trinajstić information content (AvgIpc) is 0.726. The van der Waals surface area contributed by atoms with Crippen LogP contribution in [0.5, 0.6) is 0 Å². The molecule has 0 spiro atoms. The van der Waals surface area contributed by atoms with E-state index in [2.05, 4.69) is 275 Å². The second kappa shape index (κ2) is 45.2. The van der Waals surface area contributed by atoms with Gasteiger partial charge in [0.25, 0.3) is 0 Å². The number of aryl methyl sites for hydroxylation is 7. The van der Waals surface area contributed by atoms with E-state index >= 15 is 0 Å². The molecule has 9 aromatic rings. The molecule has 0 radical (unpaired) electrons. The lowest BCUT2D eigenvalue weighted by molar-refractivity contribution is 0.521. The summed E-state index contributed by atoms with van der Waals surface area (Å²) in [4.78, 5) is 0. The second-order valence-electron chi connectivity index (χ2n) is 45.8. The molecule has 0 aliphatic rings. The van der Waals surface area contributed by atoms with Gasteiger partial charge in [-0.3, -0.25) is 0 Å². The topological polar surface area (TPSA) is 0 Å². The molecular formula is C121H186. The Morgan fingerprint density at radius 3 is 0.893 bits per heavy atom. The Labute approximate surface area is 774 Å². The predicted molar refractivity (Wildman–Crippen MR) is 550 cm³/mol. The van der Waals surface area contributed by atoms with E-state index in [1.165, 1.54) is 69.5 Å². The summed E-state index contributed by atoms with van der Waals surface area (Å²) in [5.74, 6) is -1.41. The number of hydrogen-bond acceptors (Lipinski definition) is 0. The zero-order valence-electron chi connectivity index (χ0n) is 102. The van der Waals surface area contributed by atoms with E-state index in [0.717, 1.165) is 44.5 Å². The molecule has 9 rings (SSSR count). The Morgan fingerprint density at radius 2 is 0.570 bits per heavy atom. The lowest BCUT2D eigenvalue weighted by atomic mass is 9.71. The lowest BCUT2D eigenvalue weighted by Crippen LogP contribution is -2.24. The minimum atomic E-state index is -2.02. The summed E-state index contributed by atoms with van der Waals surface area (Å²) >= 11 is 0. The van der Waals surface area contributed by atoms with E-state index in [1.54, 1.807) is 42.5 Å². The first kappa shape index (κ1) is 84.8. The van der Waals surface area contributed by atoms with Crippen molar-refractivity contribution >= 4 is 0 Å². The van der Waals surface area contributed by atoms with Gasteiger partial charge in [-0.15, -0.1) is 0 Å². The van der Waals surface area contributed by atoms with E-state index in [0.29, 0.717) is 33.4 Å². The zero-order valence-corrected chi connectivity index (χ0v) is 86.0. The van der Waals surface area contributed by atoms with Gasteiger partial charge in [-0.25, -0.2) is 0 Å². The lowest BCUT2D eigenvalue weighted by Gasteiger charge is -2.33. The molecule has 0 nitrogen and oxygen atoms in total. The van der Waals surface area contributed by atoms with E-state index in [4.69, 9.17) is 21.9 Å². The third-order valence-electron chi connectivity index (χ3n) is 21.1. The Hall–Kier alpha value is -7.02. The van der Waals surface area contributed by atoms with Crippen LogP contribution in [0.3, 0.4) is 0 Å². The van der Waals surface area contributed by atoms with Crippen LogP contribution in [0.4, 0.5) is 0 Å². The molecule has 0 heterocycles. The molecular weight excluding hydrogens is 1450 g/mol. The van der Waals surface area contributed by atoms with E-state index in [-0.39, 0.29) is 71.4 Å². The van der Waals surface area contributed by atoms with Crippen molar-refractivity contribution in [3.05, 3.63) is 304 Å². The van der Waals surface area contributed by atoms with E-state index < -0.39 is 51.0 Å². The van der Waals surface area contributed by atoms with Gasteiger partial charge < -0.3 is 0 Å². The summed E-state index contributed by atoms with van der Waals surface area (Å²) in [5, 5.41) is 0. The number of hydrogen-bond donors (Lipinski definition) is 0. The molecule has 0 aliphatic carbocycles. The quantitative estimate of drug-likeness (QED) is 0.135. The zero-order chi connectivity index (χ0) is 108. The Morgan fingerprint density at radius 1 is 0.264 bits per heavy atom. The van der Waals surface area contributed by atoms with Crippen LogP contribution in [0.25, 0.3) is 11.1 Å². The van der Waals surface area contributed by atoms with Crippen LogP contribution in [0.1, 0.15) is 454 Å². The summed E-state index contributed by atoms with van der Waals surface area (Å²) in [6.07, 6.45) is -5.90. The van der Waals surface area contributed by atoms with Crippen molar-refractivity contribution in [3.63, 3.8) is 0 Å². The van der Waals surface area contributed by atoms with Crippen molar-refractivity contribution in [2.45, 2.75) is 429 Å². The van der Waals surface area contributed by atoms with Crippen LogP contribution in [-0.2, 0) is 85.1 Å². The summed E-state index contributed by atoms with van der Waals surface area (Å²) in [7, 11) is 0. The second-order valence-corrected chi connectivity index (χ2v) is 45.8. The molecule has 0 saturated carbocycles. The van der Waals surface area contributed by atoms with E-state index in [9.17, 15) is 0 Å². The first-order valence-electron chi connectivity index (χ1n) is 52.8. The van der Waals surface area contributed by atoms with Crippen molar-refractivity contribution in [1.82, 2.24) is 0 Å². The maximum atomic E-state index is 8.50. The molecule has 0 N–H and O–H groups in total. The fraction of sp³-hybridized carbons (Fsp3) is 0.554. The number of benzene rings is 9. The molecule has 0 aliphatic heterocycles. The SMILES string of the molecule is CC(C)(C)c1cc(C(C)(C)C)cc(C(C)(C)C)c1.CC(C)(C)c1ccccc1-c1ccccc1.[2H]C(C)(C)c1cccc(C(C)(C)C)c1C(C)(C)C.[2H]C(C)(C)c1ccccc1C(C)(C)C.[2H]C([2H])(C)c1cccc(C([2H])([2H])C)c1C(C)(C)C.[2H]C([2H])([2H])c1cc(C)c(C(C)(C)C)c(C)c1.[2H]C([2H])([2H])c1cccc(C)c1C(C)(C)C.[2H]C([2H])(c1cccc(C([2H])([2H])C(C)C)c1C(C)(C)C)C(C)C. The first-order chi connectivity index (χ1) is 60.7. The molecule has 0 bridgehead atoms. The summed E-state index contributed by atoms with van der Waals surface area (Å²) < 4.78 is 127. The van der Waals surface area contributed by atoms with Gasteiger partial charge >= 0.3 is 0 Å². The maximum Gasteiger partial charge on any atom is 0.0347 e. The smallest absolute Gasteiger partial charge is 0.0347 e.